The third kappa shape index (κ3) is 6.69. The molecule has 0 aliphatic carbocycles. The largest absolute Gasteiger partial charge is 0.573 e. The Morgan fingerprint density at radius 1 is 1.00 bits per heavy atom. The summed E-state index contributed by atoms with van der Waals surface area (Å²) in [4.78, 5) is 11.2. The standard InChI is InChI=1S/C11H7BrF6O3/c12-5-7(19)3-6-1-2-8(20-10(13,14)15)9(4-6)21-11(16,17)18/h1-2,4H,3,5H2. The monoisotopic (exact) mass is 380 g/mol. The quantitative estimate of drug-likeness (QED) is 0.572. The molecule has 0 N–H and O–H groups in total. The van der Waals surface area contributed by atoms with Crippen molar-refractivity contribution < 1.29 is 40.6 Å². The lowest BCUT2D eigenvalue weighted by Gasteiger charge is -2.16. The molecule has 0 aromatic heterocycles. The maximum atomic E-state index is 12.2. The van der Waals surface area contributed by atoms with Crippen molar-refractivity contribution in [3.63, 3.8) is 0 Å². The molecule has 3 nitrogen and oxygen atoms in total. The van der Waals surface area contributed by atoms with Gasteiger partial charge in [0.1, 0.15) is 5.78 Å². The SMILES string of the molecule is O=C(CBr)Cc1ccc(OC(F)(F)F)c(OC(F)(F)F)c1. The second-order valence-electron chi connectivity index (χ2n) is 3.73. The first-order chi connectivity index (χ1) is 9.50. The maximum Gasteiger partial charge on any atom is 0.573 e. The van der Waals surface area contributed by atoms with Crippen LogP contribution in [0.5, 0.6) is 11.5 Å². The molecular weight excluding hydrogens is 374 g/mol. The van der Waals surface area contributed by atoms with Gasteiger partial charge in [0.05, 0.1) is 5.33 Å². The Morgan fingerprint density at radius 2 is 1.52 bits per heavy atom. The van der Waals surface area contributed by atoms with E-state index in [2.05, 4.69) is 25.4 Å². The van der Waals surface area contributed by atoms with E-state index in [1.807, 2.05) is 0 Å². The van der Waals surface area contributed by atoms with Crippen LogP contribution in [0.2, 0.25) is 0 Å². The van der Waals surface area contributed by atoms with Crippen LogP contribution in [0.1, 0.15) is 5.56 Å². The zero-order chi connectivity index (χ0) is 16.3. The molecule has 0 heterocycles. The highest BCUT2D eigenvalue weighted by Crippen LogP contribution is 2.36. The average molecular weight is 381 g/mol. The highest BCUT2D eigenvalue weighted by molar-refractivity contribution is 9.09. The molecule has 0 saturated heterocycles. The van der Waals surface area contributed by atoms with Crippen molar-refractivity contribution in [2.45, 2.75) is 19.1 Å². The topological polar surface area (TPSA) is 35.5 Å². The van der Waals surface area contributed by atoms with E-state index in [0.29, 0.717) is 12.1 Å². The van der Waals surface area contributed by atoms with Crippen LogP contribution in [-0.2, 0) is 11.2 Å². The van der Waals surface area contributed by atoms with E-state index in [-0.39, 0.29) is 23.1 Å². The van der Waals surface area contributed by atoms with E-state index in [1.54, 1.807) is 0 Å². The summed E-state index contributed by atoms with van der Waals surface area (Å²) in [5.74, 6) is -2.67. The molecule has 0 aliphatic heterocycles. The molecule has 0 saturated carbocycles. The van der Waals surface area contributed by atoms with E-state index in [0.717, 1.165) is 6.07 Å². The van der Waals surface area contributed by atoms with Gasteiger partial charge in [-0.2, -0.15) is 0 Å². The van der Waals surface area contributed by atoms with E-state index >= 15 is 0 Å². The van der Waals surface area contributed by atoms with Crippen molar-refractivity contribution in [2.24, 2.45) is 0 Å². The molecule has 1 aromatic rings. The van der Waals surface area contributed by atoms with Crippen molar-refractivity contribution in [3.8, 4) is 11.5 Å². The summed E-state index contributed by atoms with van der Waals surface area (Å²) in [6.45, 7) is 0. The Kier molecular flexibility index (Phi) is 5.48. The lowest BCUT2D eigenvalue weighted by Crippen LogP contribution is -2.21. The molecule has 0 unspecified atom stereocenters. The van der Waals surface area contributed by atoms with Crippen LogP contribution in [0.3, 0.4) is 0 Å². The number of ether oxygens (including phenoxy) is 2. The Bertz CT molecular complexity index is 512. The van der Waals surface area contributed by atoms with Gasteiger partial charge in [-0.25, -0.2) is 0 Å². The molecule has 0 radical (unpaired) electrons. The minimum Gasteiger partial charge on any atom is -0.402 e. The lowest BCUT2D eigenvalue weighted by atomic mass is 10.1. The first kappa shape index (κ1) is 17.6. The number of carbonyl (C=O) groups excluding carboxylic acids is 1. The second-order valence-corrected chi connectivity index (χ2v) is 4.29. The zero-order valence-corrected chi connectivity index (χ0v) is 11.6. The van der Waals surface area contributed by atoms with E-state index < -0.39 is 24.2 Å². The van der Waals surface area contributed by atoms with E-state index in [1.165, 1.54) is 0 Å². The van der Waals surface area contributed by atoms with Gasteiger partial charge >= 0.3 is 12.7 Å². The van der Waals surface area contributed by atoms with Crippen molar-refractivity contribution in [1.29, 1.82) is 0 Å². The van der Waals surface area contributed by atoms with Gasteiger partial charge in [0.2, 0.25) is 0 Å². The highest BCUT2D eigenvalue weighted by atomic mass is 79.9. The fourth-order valence-electron chi connectivity index (χ4n) is 1.35. The number of carbonyl (C=O) groups is 1. The maximum absolute atomic E-state index is 12.2. The van der Waals surface area contributed by atoms with E-state index in [9.17, 15) is 31.1 Å². The summed E-state index contributed by atoms with van der Waals surface area (Å²) < 4.78 is 79.8. The first-order valence-corrected chi connectivity index (χ1v) is 6.34. The van der Waals surface area contributed by atoms with Crippen molar-refractivity contribution in [2.75, 3.05) is 5.33 Å². The summed E-state index contributed by atoms with van der Waals surface area (Å²) in [5.41, 5.74) is 0.0632. The summed E-state index contributed by atoms with van der Waals surface area (Å²) in [6.07, 6.45) is -10.6. The number of benzene rings is 1. The van der Waals surface area contributed by atoms with Gasteiger partial charge < -0.3 is 9.47 Å². The van der Waals surface area contributed by atoms with Gasteiger partial charge in [-0.3, -0.25) is 4.79 Å². The molecule has 1 aromatic carbocycles. The Labute approximate surface area is 123 Å². The van der Waals surface area contributed by atoms with Gasteiger partial charge in [0, 0.05) is 6.42 Å². The summed E-state index contributed by atoms with van der Waals surface area (Å²) in [7, 11) is 0. The fraction of sp³-hybridized carbons (Fsp3) is 0.364. The van der Waals surface area contributed by atoms with E-state index in [4.69, 9.17) is 0 Å². The summed E-state index contributed by atoms with van der Waals surface area (Å²) in [6, 6.07) is 2.38. The molecule has 118 valence electrons. The van der Waals surface area contributed by atoms with Crippen molar-refractivity contribution >= 4 is 21.7 Å². The number of hydrogen-bond donors (Lipinski definition) is 0. The van der Waals surface area contributed by atoms with Crippen LogP contribution in [0.15, 0.2) is 18.2 Å². The van der Waals surface area contributed by atoms with Crippen LogP contribution in [0.4, 0.5) is 26.3 Å². The molecule has 0 aliphatic rings. The lowest BCUT2D eigenvalue weighted by molar-refractivity contribution is -0.287. The number of halogens is 7. The Morgan fingerprint density at radius 3 is 2.00 bits per heavy atom. The van der Waals surface area contributed by atoms with Gasteiger partial charge in [0.25, 0.3) is 0 Å². The molecule has 0 bridgehead atoms. The first-order valence-electron chi connectivity index (χ1n) is 5.22. The van der Waals surface area contributed by atoms with Crippen LogP contribution < -0.4 is 9.47 Å². The predicted octanol–water partition coefficient (Wildman–Crippen LogP) is 3.99. The highest BCUT2D eigenvalue weighted by Gasteiger charge is 2.36. The normalized spacial score (nSPS) is 12.1. The third-order valence-corrected chi connectivity index (χ3v) is 2.64. The average Bonchev–Trinajstić information content (AvgIpc) is 2.28. The molecule has 1 rings (SSSR count). The van der Waals surface area contributed by atoms with Gasteiger partial charge in [0.15, 0.2) is 11.5 Å². The molecule has 21 heavy (non-hydrogen) atoms. The van der Waals surface area contributed by atoms with Gasteiger partial charge in [-0.15, -0.1) is 26.3 Å². The third-order valence-electron chi connectivity index (χ3n) is 2.01. The number of Topliss-reactive ketones (excluding diaryl/α,β-unsaturated/α-hetero) is 1. The van der Waals surface area contributed by atoms with Crippen LogP contribution >= 0.6 is 15.9 Å². The molecule has 0 spiro atoms. The fourth-order valence-corrected chi connectivity index (χ4v) is 1.55. The Hall–Kier alpha value is -1.45. The number of ketones is 1. The predicted molar refractivity (Wildman–Crippen MR) is 62.3 cm³/mol. The molecule has 10 heteroatoms. The molecule has 0 fully saturated rings. The Balaban J connectivity index is 3.10. The van der Waals surface area contributed by atoms with Crippen LogP contribution in [-0.4, -0.2) is 23.8 Å². The summed E-state index contributed by atoms with van der Waals surface area (Å²) in [5, 5.41) is -0.0384. The van der Waals surface area contributed by atoms with Crippen molar-refractivity contribution in [3.05, 3.63) is 23.8 Å². The second kappa shape index (κ2) is 6.54. The minimum absolute atomic E-state index is 0.0384. The smallest absolute Gasteiger partial charge is 0.402 e. The molecule has 0 amide bonds. The molecule has 0 atom stereocenters. The minimum atomic E-state index is -5.19. The van der Waals surface area contributed by atoms with Gasteiger partial charge in [-0.1, -0.05) is 22.0 Å². The van der Waals surface area contributed by atoms with Crippen molar-refractivity contribution in [1.82, 2.24) is 0 Å². The molecular formula is C11H7BrF6O3. The van der Waals surface area contributed by atoms with Crippen LogP contribution in [0.25, 0.3) is 0 Å². The van der Waals surface area contributed by atoms with Gasteiger partial charge in [-0.05, 0) is 17.7 Å². The summed E-state index contributed by atoms with van der Waals surface area (Å²) >= 11 is 2.86. The number of hydrogen-bond acceptors (Lipinski definition) is 3. The zero-order valence-electron chi connectivity index (χ0n) is 10.0. The number of rotatable bonds is 5. The van der Waals surface area contributed by atoms with Crippen LogP contribution in [0, 0.1) is 0 Å². The number of alkyl halides is 7.